The van der Waals surface area contributed by atoms with Crippen molar-refractivity contribution in [3.05, 3.63) is 23.3 Å². The number of aryl methyl sites for hydroxylation is 2. The monoisotopic (exact) mass is 361 g/mol. The molecule has 0 unspecified atom stereocenters. The highest BCUT2D eigenvalue weighted by atomic mass is 127. The van der Waals surface area contributed by atoms with Gasteiger partial charge in [0.05, 0.1) is 12.2 Å². The molecule has 0 atom stereocenters. The number of aliphatic imine (C=N–C) groups is 1. The van der Waals surface area contributed by atoms with E-state index in [0.717, 1.165) is 23.2 Å². The van der Waals surface area contributed by atoms with E-state index in [0.29, 0.717) is 12.6 Å². The molecular weight excluding hydrogens is 341 g/mol. The first-order valence-electron chi connectivity index (χ1n) is 5.95. The van der Waals surface area contributed by atoms with Crippen molar-refractivity contribution in [1.29, 1.82) is 0 Å². The van der Waals surface area contributed by atoms with Gasteiger partial charge in [-0.3, -0.25) is 4.99 Å². The molecule has 0 bridgehead atoms. The van der Waals surface area contributed by atoms with Gasteiger partial charge in [0, 0.05) is 18.8 Å². The van der Waals surface area contributed by atoms with Gasteiger partial charge in [-0.1, -0.05) is 0 Å². The van der Waals surface area contributed by atoms with Gasteiger partial charge in [0.2, 0.25) is 0 Å². The molecule has 1 aromatic rings. The largest absolute Gasteiger partial charge is 0.354 e. The molecule has 0 spiro atoms. The van der Waals surface area contributed by atoms with E-state index in [9.17, 15) is 0 Å². The van der Waals surface area contributed by atoms with Crippen molar-refractivity contribution >= 4 is 29.9 Å². The van der Waals surface area contributed by atoms with Gasteiger partial charge < -0.3 is 10.6 Å². The summed E-state index contributed by atoms with van der Waals surface area (Å²) in [5.41, 5.74) is 1.99. The number of hydrogen-bond donors (Lipinski definition) is 2. The summed E-state index contributed by atoms with van der Waals surface area (Å²) in [4.78, 5) is 12.8. The van der Waals surface area contributed by atoms with Crippen LogP contribution >= 0.6 is 24.0 Å². The summed E-state index contributed by atoms with van der Waals surface area (Å²) in [6, 6.07) is 2.60. The van der Waals surface area contributed by atoms with E-state index in [2.05, 4.69) is 25.6 Å². The van der Waals surface area contributed by atoms with Crippen molar-refractivity contribution in [3.63, 3.8) is 0 Å². The quantitative estimate of drug-likeness (QED) is 0.487. The number of hydrogen-bond acceptors (Lipinski definition) is 3. The van der Waals surface area contributed by atoms with Crippen LogP contribution in [0.4, 0.5) is 0 Å². The molecule has 18 heavy (non-hydrogen) atoms. The highest BCUT2D eigenvalue weighted by Crippen LogP contribution is 2.18. The van der Waals surface area contributed by atoms with Gasteiger partial charge >= 0.3 is 0 Å². The summed E-state index contributed by atoms with van der Waals surface area (Å²) in [6.07, 6.45) is 2.48. The fraction of sp³-hybridized carbons (Fsp3) is 0.583. The molecular formula is C12H20IN5. The average Bonchev–Trinajstić information content (AvgIpc) is 3.06. The first-order chi connectivity index (χ1) is 8.17. The summed E-state index contributed by atoms with van der Waals surface area (Å²) in [5, 5.41) is 6.60. The van der Waals surface area contributed by atoms with Crippen LogP contribution in [0.5, 0.6) is 0 Å². The molecule has 0 radical (unpaired) electrons. The Bertz CT molecular complexity index is 408. The van der Waals surface area contributed by atoms with Crippen molar-refractivity contribution in [3.8, 4) is 0 Å². The molecule has 0 amide bonds. The zero-order valence-electron chi connectivity index (χ0n) is 11.0. The van der Waals surface area contributed by atoms with Crippen LogP contribution in [0.25, 0.3) is 0 Å². The Morgan fingerprint density at radius 2 is 2.11 bits per heavy atom. The number of halogens is 1. The molecule has 0 aromatic carbocycles. The standard InChI is InChI=1S/C12H19N5.HI/c1-8-6-11(16-9(2)15-8)7-14-12(13-3)17-10-4-5-10;/h6,10H,4-5,7H2,1-3H3,(H2,13,14,17);1H. The van der Waals surface area contributed by atoms with Crippen LogP contribution < -0.4 is 10.6 Å². The molecule has 2 N–H and O–H groups in total. The van der Waals surface area contributed by atoms with Crippen LogP contribution in [0, 0.1) is 13.8 Å². The van der Waals surface area contributed by atoms with E-state index in [-0.39, 0.29) is 24.0 Å². The second-order valence-corrected chi connectivity index (χ2v) is 4.39. The Morgan fingerprint density at radius 3 is 2.67 bits per heavy atom. The Morgan fingerprint density at radius 1 is 1.39 bits per heavy atom. The SMILES string of the molecule is CN=C(NCc1cc(C)nc(C)n1)NC1CC1.I. The summed E-state index contributed by atoms with van der Waals surface area (Å²) >= 11 is 0. The highest BCUT2D eigenvalue weighted by molar-refractivity contribution is 14.0. The molecule has 1 heterocycles. The van der Waals surface area contributed by atoms with Crippen LogP contribution in [-0.2, 0) is 6.54 Å². The molecule has 1 aliphatic carbocycles. The van der Waals surface area contributed by atoms with Crippen LogP contribution in [0.2, 0.25) is 0 Å². The van der Waals surface area contributed by atoms with Crippen LogP contribution in [0.15, 0.2) is 11.1 Å². The van der Waals surface area contributed by atoms with Crippen molar-refractivity contribution in [2.45, 2.75) is 39.3 Å². The minimum absolute atomic E-state index is 0. The fourth-order valence-electron chi connectivity index (χ4n) is 1.67. The third-order valence-corrected chi connectivity index (χ3v) is 2.60. The lowest BCUT2D eigenvalue weighted by Crippen LogP contribution is -2.38. The lowest BCUT2D eigenvalue weighted by atomic mass is 10.3. The lowest BCUT2D eigenvalue weighted by molar-refractivity contribution is 0.780. The molecule has 1 aliphatic rings. The Balaban J connectivity index is 0.00000162. The lowest BCUT2D eigenvalue weighted by Gasteiger charge is -2.11. The maximum absolute atomic E-state index is 4.38. The molecule has 1 aromatic heterocycles. The third-order valence-electron chi connectivity index (χ3n) is 2.60. The summed E-state index contributed by atoms with van der Waals surface area (Å²) < 4.78 is 0. The zero-order valence-corrected chi connectivity index (χ0v) is 13.4. The van der Waals surface area contributed by atoms with E-state index in [4.69, 9.17) is 0 Å². The molecule has 0 aliphatic heterocycles. The Hall–Kier alpha value is -0.920. The maximum atomic E-state index is 4.38. The average molecular weight is 361 g/mol. The van der Waals surface area contributed by atoms with Crippen molar-refractivity contribution in [2.75, 3.05) is 7.05 Å². The van der Waals surface area contributed by atoms with E-state index in [1.54, 1.807) is 7.05 Å². The predicted molar refractivity (Wildman–Crippen MR) is 83.3 cm³/mol. The topological polar surface area (TPSA) is 62.2 Å². The normalized spacial score (nSPS) is 14.9. The smallest absolute Gasteiger partial charge is 0.191 e. The van der Waals surface area contributed by atoms with Gasteiger partial charge in [0.25, 0.3) is 0 Å². The van der Waals surface area contributed by atoms with E-state index in [1.165, 1.54) is 12.8 Å². The van der Waals surface area contributed by atoms with Crippen molar-refractivity contribution < 1.29 is 0 Å². The van der Waals surface area contributed by atoms with Gasteiger partial charge in [0.1, 0.15) is 5.82 Å². The minimum Gasteiger partial charge on any atom is -0.354 e. The van der Waals surface area contributed by atoms with Gasteiger partial charge in [0.15, 0.2) is 5.96 Å². The number of guanidine groups is 1. The molecule has 1 fully saturated rings. The van der Waals surface area contributed by atoms with Gasteiger partial charge in [-0.05, 0) is 32.8 Å². The third kappa shape index (κ3) is 4.75. The summed E-state index contributed by atoms with van der Waals surface area (Å²) in [7, 11) is 1.79. The van der Waals surface area contributed by atoms with Crippen molar-refractivity contribution in [1.82, 2.24) is 20.6 Å². The predicted octanol–water partition coefficient (Wildman–Crippen LogP) is 1.54. The Labute approximate surface area is 125 Å². The van der Waals surface area contributed by atoms with Gasteiger partial charge in [-0.15, -0.1) is 24.0 Å². The molecule has 100 valence electrons. The molecule has 6 heteroatoms. The van der Waals surface area contributed by atoms with Gasteiger partial charge in [-0.2, -0.15) is 0 Å². The molecule has 2 rings (SSSR count). The second kappa shape index (κ2) is 6.86. The summed E-state index contributed by atoms with van der Waals surface area (Å²) in [5.74, 6) is 1.66. The van der Waals surface area contributed by atoms with E-state index >= 15 is 0 Å². The van der Waals surface area contributed by atoms with Crippen LogP contribution in [-0.4, -0.2) is 29.0 Å². The molecule has 5 nitrogen and oxygen atoms in total. The summed E-state index contributed by atoms with van der Waals surface area (Å²) in [6.45, 7) is 4.57. The number of rotatable bonds is 3. The first kappa shape index (κ1) is 15.1. The van der Waals surface area contributed by atoms with Crippen LogP contribution in [0.3, 0.4) is 0 Å². The number of nitrogens with one attached hydrogen (secondary N) is 2. The molecule has 1 saturated carbocycles. The van der Waals surface area contributed by atoms with Gasteiger partial charge in [-0.25, -0.2) is 9.97 Å². The van der Waals surface area contributed by atoms with E-state index < -0.39 is 0 Å². The van der Waals surface area contributed by atoms with Crippen molar-refractivity contribution in [2.24, 2.45) is 4.99 Å². The second-order valence-electron chi connectivity index (χ2n) is 4.39. The maximum Gasteiger partial charge on any atom is 0.191 e. The number of aromatic nitrogens is 2. The van der Waals surface area contributed by atoms with Crippen LogP contribution in [0.1, 0.15) is 30.1 Å². The first-order valence-corrected chi connectivity index (χ1v) is 5.95. The molecule has 0 saturated heterocycles. The highest BCUT2D eigenvalue weighted by Gasteiger charge is 2.21. The zero-order chi connectivity index (χ0) is 12.3. The minimum atomic E-state index is 0. The van der Waals surface area contributed by atoms with E-state index in [1.807, 2.05) is 19.9 Å². The Kier molecular flexibility index (Phi) is 5.77. The number of nitrogens with zero attached hydrogens (tertiary/aromatic N) is 3. The fourth-order valence-corrected chi connectivity index (χ4v) is 1.67.